The first kappa shape index (κ1) is 10.5. The molecule has 0 amide bonds. The maximum Gasteiger partial charge on any atom is 0.125 e. The Hall–Kier alpha value is -1.02. The molecule has 2 N–H and O–H groups in total. The highest BCUT2D eigenvalue weighted by Crippen LogP contribution is 2.36. The third kappa shape index (κ3) is 1.74. The lowest BCUT2D eigenvalue weighted by Crippen LogP contribution is -2.11. The predicted octanol–water partition coefficient (Wildman–Crippen LogP) is 2.25. The molecule has 1 aromatic rings. The van der Waals surface area contributed by atoms with E-state index in [0.29, 0.717) is 12.5 Å². The summed E-state index contributed by atoms with van der Waals surface area (Å²) < 4.78 is 5.56. The predicted molar refractivity (Wildman–Crippen MR) is 62.5 cm³/mol. The van der Waals surface area contributed by atoms with Crippen molar-refractivity contribution in [1.29, 1.82) is 0 Å². The average molecular weight is 205 g/mol. The van der Waals surface area contributed by atoms with Gasteiger partial charge in [-0.2, -0.15) is 0 Å². The topological polar surface area (TPSA) is 35.2 Å². The molecule has 0 bridgehead atoms. The lowest BCUT2D eigenvalue weighted by Gasteiger charge is -2.17. The van der Waals surface area contributed by atoms with Gasteiger partial charge in [-0.3, -0.25) is 0 Å². The molecule has 15 heavy (non-hydrogen) atoms. The van der Waals surface area contributed by atoms with Crippen LogP contribution < -0.4 is 10.5 Å². The van der Waals surface area contributed by atoms with Crippen LogP contribution in [-0.4, -0.2) is 13.7 Å². The van der Waals surface area contributed by atoms with Crippen LogP contribution in [0.4, 0.5) is 0 Å². The maximum absolute atomic E-state index is 5.72. The van der Waals surface area contributed by atoms with Crippen molar-refractivity contribution >= 4 is 0 Å². The van der Waals surface area contributed by atoms with Crippen molar-refractivity contribution in [2.75, 3.05) is 13.7 Å². The first-order chi connectivity index (χ1) is 7.27. The molecule has 0 saturated carbocycles. The van der Waals surface area contributed by atoms with Gasteiger partial charge in [0.1, 0.15) is 5.75 Å². The van der Waals surface area contributed by atoms with Crippen molar-refractivity contribution in [1.82, 2.24) is 0 Å². The number of methoxy groups -OCH3 is 1. The minimum atomic E-state index is 0.380. The van der Waals surface area contributed by atoms with E-state index in [4.69, 9.17) is 10.5 Å². The summed E-state index contributed by atoms with van der Waals surface area (Å²) in [5, 5.41) is 0. The molecule has 1 aliphatic carbocycles. The van der Waals surface area contributed by atoms with Crippen molar-refractivity contribution in [3.63, 3.8) is 0 Å². The molecule has 0 aromatic heterocycles. The van der Waals surface area contributed by atoms with Crippen LogP contribution in [0.25, 0.3) is 0 Å². The van der Waals surface area contributed by atoms with Gasteiger partial charge in [-0.05, 0) is 48.4 Å². The fraction of sp³-hybridized carbons (Fsp3) is 0.538. The fourth-order valence-corrected chi connectivity index (χ4v) is 2.41. The number of hydrogen-bond acceptors (Lipinski definition) is 2. The Bertz CT molecular complexity index is 360. The van der Waals surface area contributed by atoms with Crippen molar-refractivity contribution in [2.24, 2.45) is 5.73 Å². The molecule has 0 fully saturated rings. The highest BCUT2D eigenvalue weighted by atomic mass is 16.5. The molecule has 0 saturated heterocycles. The third-order valence-electron chi connectivity index (χ3n) is 3.35. The molecule has 1 atom stereocenters. The second-order valence-electron chi connectivity index (χ2n) is 4.32. The number of rotatable bonds is 3. The number of ether oxygens (including phenoxy) is 1. The summed E-state index contributed by atoms with van der Waals surface area (Å²) in [4.78, 5) is 0. The summed E-state index contributed by atoms with van der Waals surface area (Å²) in [6.07, 6.45) is 3.61. The number of hydrogen-bond donors (Lipinski definition) is 1. The van der Waals surface area contributed by atoms with Crippen LogP contribution in [0.5, 0.6) is 5.75 Å². The smallest absolute Gasteiger partial charge is 0.125 e. The molecule has 0 heterocycles. The summed E-state index contributed by atoms with van der Waals surface area (Å²) in [7, 11) is 1.76. The van der Waals surface area contributed by atoms with E-state index in [1.807, 2.05) is 0 Å². The van der Waals surface area contributed by atoms with Gasteiger partial charge in [-0.1, -0.05) is 19.1 Å². The first-order valence-electron chi connectivity index (χ1n) is 5.66. The lowest BCUT2D eigenvalue weighted by molar-refractivity contribution is 0.402. The number of benzene rings is 1. The molecule has 2 nitrogen and oxygen atoms in total. The van der Waals surface area contributed by atoms with Crippen LogP contribution in [0, 0.1) is 0 Å². The van der Waals surface area contributed by atoms with E-state index >= 15 is 0 Å². The minimum absolute atomic E-state index is 0.380. The number of aryl methyl sites for hydroxylation is 1. The van der Waals surface area contributed by atoms with Crippen molar-refractivity contribution in [2.45, 2.75) is 32.1 Å². The normalized spacial score (nSPS) is 16.2. The van der Waals surface area contributed by atoms with Crippen molar-refractivity contribution < 1.29 is 4.74 Å². The summed E-state index contributed by atoms with van der Waals surface area (Å²) in [6, 6.07) is 4.42. The second-order valence-corrected chi connectivity index (χ2v) is 4.32. The number of nitrogens with two attached hydrogens (primary N) is 1. The van der Waals surface area contributed by atoms with E-state index in [0.717, 1.165) is 12.2 Å². The quantitative estimate of drug-likeness (QED) is 0.821. The Morgan fingerprint density at radius 2 is 2.20 bits per heavy atom. The standard InChI is InChI=1S/C13H19NO/c1-9(8-14)11-7-6-10-4-3-5-12(10)13(11)15-2/h6-7,9H,3-5,8,14H2,1-2H3. The maximum atomic E-state index is 5.72. The zero-order valence-corrected chi connectivity index (χ0v) is 9.55. The monoisotopic (exact) mass is 205 g/mol. The van der Waals surface area contributed by atoms with Gasteiger partial charge in [0.05, 0.1) is 7.11 Å². The summed E-state index contributed by atoms with van der Waals surface area (Å²) in [6.45, 7) is 2.83. The van der Waals surface area contributed by atoms with Gasteiger partial charge in [0.25, 0.3) is 0 Å². The van der Waals surface area contributed by atoms with Crippen LogP contribution in [0.1, 0.15) is 36.0 Å². The molecule has 0 spiro atoms. The Morgan fingerprint density at radius 1 is 1.40 bits per heavy atom. The molecule has 1 unspecified atom stereocenters. The van der Waals surface area contributed by atoms with Gasteiger partial charge in [-0.25, -0.2) is 0 Å². The van der Waals surface area contributed by atoms with Crippen LogP contribution in [0.2, 0.25) is 0 Å². The molecule has 2 heteroatoms. The van der Waals surface area contributed by atoms with E-state index < -0.39 is 0 Å². The molecular weight excluding hydrogens is 186 g/mol. The number of fused-ring (bicyclic) bond motifs is 1. The SMILES string of the molecule is COc1c(C(C)CN)ccc2c1CCC2. The molecular formula is C13H19NO. The zero-order chi connectivity index (χ0) is 10.8. The Labute approximate surface area is 91.4 Å². The van der Waals surface area contributed by atoms with Crippen molar-refractivity contribution in [3.05, 3.63) is 28.8 Å². The Morgan fingerprint density at radius 3 is 2.87 bits per heavy atom. The highest BCUT2D eigenvalue weighted by molar-refractivity contribution is 5.50. The van der Waals surface area contributed by atoms with E-state index in [1.54, 1.807) is 7.11 Å². The lowest BCUT2D eigenvalue weighted by atomic mass is 9.95. The molecule has 1 aromatic carbocycles. The third-order valence-corrected chi connectivity index (χ3v) is 3.35. The van der Waals surface area contributed by atoms with Crippen LogP contribution in [0.3, 0.4) is 0 Å². The molecule has 1 aliphatic rings. The van der Waals surface area contributed by atoms with Crippen LogP contribution in [0.15, 0.2) is 12.1 Å². The first-order valence-corrected chi connectivity index (χ1v) is 5.66. The van der Waals surface area contributed by atoms with E-state index in [2.05, 4.69) is 19.1 Å². The van der Waals surface area contributed by atoms with Gasteiger partial charge < -0.3 is 10.5 Å². The van der Waals surface area contributed by atoms with E-state index in [9.17, 15) is 0 Å². The van der Waals surface area contributed by atoms with E-state index in [-0.39, 0.29) is 0 Å². The second kappa shape index (κ2) is 4.23. The van der Waals surface area contributed by atoms with Crippen LogP contribution in [-0.2, 0) is 12.8 Å². The van der Waals surface area contributed by atoms with E-state index in [1.165, 1.54) is 29.5 Å². The van der Waals surface area contributed by atoms with Gasteiger partial charge in [0.15, 0.2) is 0 Å². The largest absolute Gasteiger partial charge is 0.496 e. The zero-order valence-electron chi connectivity index (χ0n) is 9.55. The summed E-state index contributed by atoms with van der Waals surface area (Å²) >= 11 is 0. The van der Waals surface area contributed by atoms with Crippen LogP contribution >= 0.6 is 0 Å². The fourth-order valence-electron chi connectivity index (χ4n) is 2.41. The summed E-state index contributed by atoms with van der Waals surface area (Å²) in [5.74, 6) is 1.47. The molecule has 0 radical (unpaired) electrons. The summed E-state index contributed by atoms with van der Waals surface area (Å²) in [5.41, 5.74) is 9.85. The average Bonchev–Trinajstić information content (AvgIpc) is 2.74. The van der Waals surface area contributed by atoms with Crippen molar-refractivity contribution in [3.8, 4) is 5.75 Å². The molecule has 0 aliphatic heterocycles. The highest BCUT2D eigenvalue weighted by Gasteiger charge is 2.20. The molecule has 82 valence electrons. The Kier molecular flexibility index (Phi) is 2.96. The van der Waals surface area contributed by atoms with Gasteiger partial charge in [-0.15, -0.1) is 0 Å². The Balaban J connectivity index is 2.48. The van der Waals surface area contributed by atoms with Gasteiger partial charge in [0, 0.05) is 0 Å². The van der Waals surface area contributed by atoms with Gasteiger partial charge in [0.2, 0.25) is 0 Å². The van der Waals surface area contributed by atoms with Gasteiger partial charge >= 0.3 is 0 Å². The molecule has 2 rings (SSSR count). The minimum Gasteiger partial charge on any atom is -0.496 e.